The van der Waals surface area contributed by atoms with Gasteiger partial charge in [0.1, 0.15) is 0 Å². The van der Waals surface area contributed by atoms with Gasteiger partial charge in [-0.1, -0.05) is 26.0 Å². The number of allylic oxidation sites excluding steroid dienone is 1. The van der Waals surface area contributed by atoms with E-state index >= 15 is 0 Å². The Kier molecular flexibility index (Phi) is 7.48. The number of carbonyl (C=O) groups excluding carboxylic acids is 1. The lowest BCUT2D eigenvalue weighted by atomic mass is 9.78. The molecule has 1 amide bonds. The number of aliphatic hydroxyl groups excluding tert-OH is 1. The molecule has 6 heteroatoms. The average molecular weight is 362 g/mol. The highest BCUT2D eigenvalue weighted by molar-refractivity contribution is 6.04. The average Bonchev–Trinajstić information content (AvgIpc) is 2.62. The van der Waals surface area contributed by atoms with Crippen LogP contribution in [0.3, 0.4) is 0 Å². The second-order valence-corrected chi connectivity index (χ2v) is 6.86. The van der Waals surface area contributed by atoms with Crippen molar-refractivity contribution in [2.75, 3.05) is 24.3 Å². The Balaban J connectivity index is 2.23. The number of rotatable bonds is 8. The van der Waals surface area contributed by atoms with E-state index in [-0.39, 0.29) is 30.1 Å². The molecule has 1 aromatic carbocycles. The molecule has 1 aliphatic rings. The van der Waals surface area contributed by atoms with Crippen LogP contribution in [-0.4, -0.2) is 30.5 Å². The van der Waals surface area contributed by atoms with Gasteiger partial charge in [-0.05, 0) is 49.8 Å². The van der Waals surface area contributed by atoms with Crippen LogP contribution in [0.4, 0.5) is 11.4 Å². The van der Waals surface area contributed by atoms with Crippen molar-refractivity contribution in [3.8, 4) is 0 Å². The largest absolute Gasteiger partial charge is 0.459 e. The third-order valence-electron chi connectivity index (χ3n) is 4.66. The molecule has 144 valence electrons. The van der Waals surface area contributed by atoms with Gasteiger partial charge in [0.05, 0.1) is 11.4 Å². The van der Waals surface area contributed by atoms with Crippen LogP contribution in [0.15, 0.2) is 36.1 Å². The zero-order valence-electron chi connectivity index (χ0n) is 15.8. The van der Waals surface area contributed by atoms with Crippen molar-refractivity contribution in [2.24, 2.45) is 17.8 Å². The molecule has 0 spiro atoms. The molecule has 1 aliphatic heterocycles. The summed E-state index contributed by atoms with van der Waals surface area (Å²) >= 11 is 0. The van der Waals surface area contributed by atoms with E-state index in [9.17, 15) is 9.90 Å². The Labute approximate surface area is 155 Å². The molecular weight excluding hydrogens is 332 g/mol. The number of para-hydroxylation sites is 2. The fraction of sp³-hybridized carbons (Fsp3) is 0.550. The van der Waals surface area contributed by atoms with Crippen LogP contribution < -0.4 is 11.1 Å². The first kappa shape index (κ1) is 20.3. The number of benzene rings is 1. The predicted molar refractivity (Wildman–Crippen MR) is 102 cm³/mol. The maximum absolute atomic E-state index is 12.7. The maximum atomic E-state index is 12.7. The summed E-state index contributed by atoms with van der Waals surface area (Å²) in [6.07, 6.45) is 2.84. The molecule has 26 heavy (non-hydrogen) atoms. The van der Waals surface area contributed by atoms with E-state index in [0.29, 0.717) is 30.3 Å². The highest BCUT2D eigenvalue weighted by atomic mass is 16.7. The van der Waals surface area contributed by atoms with Crippen LogP contribution >= 0.6 is 0 Å². The summed E-state index contributed by atoms with van der Waals surface area (Å²) in [5, 5.41) is 12.0. The van der Waals surface area contributed by atoms with Crippen LogP contribution in [0.5, 0.6) is 0 Å². The third-order valence-corrected chi connectivity index (χ3v) is 4.66. The normalized spacial score (nSPS) is 22.7. The molecule has 3 atom stereocenters. The maximum Gasteiger partial charge on any atom is 0.290 e. The lowest BCUT2D eigenvalue weighted by Gasteiger charge is -2.38. The molecule has 0 radical (unpaired) electrons. The van der Waals surface area contributed by atoms with E-state index in [0.717, 1.165) is 6.42 Å². The molecular formula is C20H30N2O4. The number of hydrogen-bond acceptors (Lipinski definition) is 5. The van der Waals surface area contributed by atoms with Crippen LogP contribution in [-0.2, 0) is 14.3 Å². The highest BCUT2D eigenvalue weighted by Gasteiger charge is 2.38. The number of nitrogens with one attached hydrogen (secondary N) is 1. The van der Waals surface area contributed by atoms with Crippen molar-refractivity contribution >= 4 is 17.3 Å². The van der Waals surface area contributed by atoms with Gasteiger partial charge in [0.15, 0.2) is 5.76 Å². The van der Waals surface area contributed by atoms with Crippen LogP contribution in [0.1, 0.15) is 33.6 Å². The summed E-state index contributed by atoms with van der Waals surface area (Å²) < 4.78 is 11.7. The minimum absolute atomic E-state index is 0.0976. The Morgan fingerprint density at radius 2 is 2.12 bits per heavy atom. The lowest BCUT2D eigenvalue weighted by molar-refractivity contribution is -0.173. The molecule has 0 bridgehead atoms. The Morgan fingerprint density at radius 3 is 2.73 bits per heavy atom. The highest BCUT2D eigenvalue weighted by Crippen LogP contribution is 2.37. The molecule has 4 N–H and O–H groups in total. The SMILES string of the molecule is CCO[C@@H]1OC(C(=O)Nc2ccccc2N)=C[C@H](C(C)C)[C@@H]1CCCO. The number of carbonyl (C=O) groups is 1. The van der Waals surface area contributed by atoms with Gasteiger partial charge in [-0.3, -0.25) is 4.79 Å². The first-order valence-electron chi connectivity index (χ1n) is 9.24. The third kappa shape index (κ3) is 4.99. The number of anilines is 2. The predicted octanol–water partition coefficient (Wildman–Crippen LogP) is 3.14. The Hall–Kier alpha value is -2.05. The van der Waals surface area contributed by atoms with Crippen molar-refractivity contribution in [1.82, 2.24) is 0 Å². The van der Waals surface area contributed by atoms with Crippen LogP contribution in [0.2, 0.25) is 0 Å². The minimum Gasteiger partial charge on any atom is -0.459 e. The van der Waals surface area contributed by atoms with Crippen molar-refractivity contribution in [2.45, 2.75) is 39.9 Å². The van der Waals surface area contributed by atoms with Crippen molar-refractivity contribution in [3.63, 3.8) is 0 Å². The molecule has 0 aliphatic carbocycles. The van der Waals surface area contributed by atoms with E-state index in [1.807, 2.05) is 25.1 Å². The van der Waals surface area contributed by atoms with Gasteiger partial charge in [0.25, 0.3) is 5.91 Å². The number of nitrogen functional groups attached to an aromatic ring is 1. The van der Waals surface area contributed by atoms with Crippen molar-refractivity contribution < 1.29 is 19.4 Å². The van der Waals surface area contributed by atoms with E-state index in [1.165, 1.54) is 0 Å². The van der Waals surface area contributed by atoms with Gasteiger partial charge >= 0.3 is 0 Å². The van der Waals surface area contributed by atoms with Gasteiger partial charge in [0, 0.05) is 19.1 Å². The number of amides is 1. The molecule has 0 saturated heterocycles. The topological polar surface area (TPSA) is 93.8 Å². The second kappa shape index (κ2) is 9.59. The van der Waals surface area contributed by atoms with Gasteiger partial charge in [-0.15, -0.1) is 0 Å². The van der Waals surface area contributed by atoms with E-state index in [2.05, 4.69) is 19.2 Å². The van der Waals surface area contributed by atoms with Gasteiger partial charge in [0.2, 0.25) is 6.29 Å². The summed E-state index contributed by atoms with van der Waals surface area (Å²) in [6.45, 7) is 6.76. The molecule has 0 unspecified atom stereocenters. The van der Waals surface area contributed by atoms with E-state index in [4.69, 9.17) is 15.2 Å². The summed E-state index contributed by atoms with van der Waals surface area (Å²) in [7, 11) is 0. The Morgan fingerprint density at radius 1 is 1.38 bits per heavy atom. The zero-order valence-corrected chi connectivity index (χ0v) is 15.8. The molecule has 1 heterocycles. The number of hydrogen-bond donors (Lipinski definition) is 3. The minimum atomic E-state index is -0.502. The van der Waals surface area contributed by atoms with E-state index in [1.54, 1.807) is 12.1 Å². The quantitative estimate of drug-likeness (QED) is 0.618. The van der Waals surface area contributed by atoms with Crippen molar-refractivity contribution in [1.29, 1.82) is 0 Å². The smallest absolute Gasteiger partial charge is 0.290 e. The molecule has 2 rings (SSSR count). The molecule has 6 nitrogen and oxygen atoms in total. The summed E-state index contributed by atoms with van der Waals surface area (Å²) in [6, 6.07) is 7.11. The van der Waals surface area contributed by atoms with Gasteiger partial charge in [-0.25, -0.2) is 0 Å². The molecule has 1 aromatic rings. The number of ether oxygens (including phenoxy) is 2. The monoisotopic (exact) mass is 362 g/mol. The Bertz CT molecular complexity index is 630. The second-order valence-electron chi connectivity index (χ2n) is 6.86. The van der Waals surface area contributed by atoms with Crippen LogP contribution in [0.25, 0.3) is 0 Å². The van der Waals surface area contributed by atoms with Crippen molar-refractivity contribution in [3.05, 3.63) is 36.1 Å². The fourth-order valence-corrected chi connectivity index (χ4v) is 3.32. The first-order valence-corrected chi connectivity index (χ1v) is 9.24. The van der Waals surface area contributed by atoms with E-state index < -0.39 is 6.29 Å². The summed E-state index contributed by atoms with van der Waals surface area (Å²) in [4.78, 5) is 12.7. The first-order chi connectivity index (χ1) is 12.5. The lowest BCUT2D eigenvalue weighted by Crippen LogP contribution is -2.40. The number of aliphatic hydroxyl groups is 1. The van der Waals surface area contributed by atoms with Crippen LogP contribution in [0, 0.1) is 17.8 Å². The molecule has 0 aromatic heterocycles. The number of nitrogens with two attached hydrogens (primary N) is 1. The summed E-state index contributed by atoms with van der Waals surface area (Å²) in [5.74, 6) is 0.459. The summed E-state index contributed by atoms with van der Waals surface area (Å²) in [5.41, 5.74) is 6.96. The standard InChI is InChI=1S/C20H30N2O4/c1-4-25-20-14(8-7-11-23)15(13(2)3)12-18(26-20)19(24)22-17-10-6-5-9-16(17)21/h5-6,9-10,12-15,20,23H,4,7-8,11,21H2,1-3H3,(H,22,24)/t14-,15+,20+/m0/s1. The zero-order chi connectivity index (χ0) is 19.1. The van der Waals surface area contributed by atoms with Gasteiger partial charge in [-0.2, -0.15) is 0 Å². The molecule has 0 fully saturated rings. The van der Waals surface area contributed by atoms with Gasteiger partial charge < -0.3 is 25.6 Å². The fourth-order valence-electron chi connectivity index (χ4n) is 3.32. The molecule has 0 saturated carbocycles.